The molecule has 4 aromatic rings. The molecule has 9 nitrogen and oxygen atoms in total. The molecule has 1 N–H and O–H groups in total. The SMILES string of the molecule is COc1nn(Cc2ccccc2)cc1C(=O)Nc1cccc(-c2nncn2C(C)C)n1. The number of benzene rings is 1. The zero-order valence-electron chi connectivity index (χ0n) is 17.6. The van der Waals surface area contributed by atoms with Crippen molar-refractivity contribution in [2.75, 3.05) is 12.4 Å². The summed E-state index contributed by atoms with van der Waals surface area (Å²) >= 11 is 0. The van der Waals surface area contributed by atoms with Crippen LogP contribution in [0.2, 0.25) is 0 Å². The molecule has 0 aliphatic heterocycles. The molecule has 0 aliphatic rings. The first-order valence-corrected chi connectivity index (χ1v) is 9.89. The van der Waals surface area contributed by atoms with Crippen molar-refractivity contribution in [2.45, 2.75) is 26.4 Å². The van der Waals surface area contributed by atoms with Crippen molar-refractivity contribution < 1.29 is 9.53 Å². The Labute approximate surface area is 179 Å². The molecule has 1 aromatic carbocycles. The molecule has 0 saturated heterocycles. The van der Waals surface area contributed by atoms with Gasteiger partial charge in [-0.3, -0.25) is 9.48 Å². The Morgan fingerprint density at radius 1 is 1.13 bits per heavy atom. The van der Waals surface area contributed by atoms with Crippen LogP contribution in [-0.4, -0.2) is 42.5 Å². The maximum Gasteiger partial charge on any atom is 0.263 e. The van der Waals surface area contributed by atoms with E-state index in [0.29, 0.717) is 29.4 Å². The van der Waals surface area contributed by atoms with Crippen molar-refractivity contribution in [3.63, 3.8) is 0 Å². The Balaban J connectivity index is 1.55. The Kier molecular flexibility index (Phi) is 5.74. The van der Waals surface area contributed by atoms with Gasteiger partial charge in [0.25, 0.3) is 5.91 Å². The normalized spacial score (nSPS) is 11.0. The highest BCUT2D eigenvalue weighted by molar-refractivity contribution is 6.05. The first kappa shape index (κ1) is 20.3. The number of hydrogen-bond donors (Lipinski definition) is 1. The van der Waals surface area contributed by atoms with Crippen LogP contribution in [0, 0.1) is 0 Å². The van der Waals surface area contributed by atoms with E-state index < -0.39 is 0 Å². The van der Waals surface area contributed by atoms with Gasteiger partial charge in [0.2, 0.25) is 5.88 Å². The monoisotopic (exact) mass is 417 g/mol. The van der Waals surface area contributed by atoms with E-state index in [1.165, 1.54) is 7.11 Å². The van der Waals surface area contributed by atoms with Gasteiger partial charge in [0, 0.05) is 12.2 Å². The maximum absolute atomic E-state index is 12.9. The van der Waals surface area contributed by atoms with Crippen LogP contribution in [-0.2, 0) is 6.54 Å². The number of rotatable bonds is 7. The molecule has 31 heavy (non-hydrogen) atoms. The van der Waals surface area contributed by atoms with Gasteiger partial charge in [0.05, 0.1) is 13.7 Å². The second-order valence-electron chi connectivity index (χ2n) is 7.25. The van der Waals surface area contributed by atoms with Gasteiger partial charge in [-0.1, -0.05) is 36.4 Å². The van der Waals surface area contributed by atoms with E-state index in [0.717, 1.165) is 5.56 Å². The van der Waals surface area contributed by atoms with Crippen molar-refractivity contribution in [1.82, 2.24) is 29.5 Å². The Hall–Kier alpha value is -4.01. The van der Waals surface area contributed by atoms with E-state index in [-0.39, 0.29) is 17.8 Å². The van der Waals surface area contributed by atoms with Crippen LogP contribution in [0.4, 0.5) is 5.82 Å². The number of nitrogens with zero attached hydrogens (tertiary/aromatic N) is 6. The standard InChI is InChI=1S/C22H23N7O2/c1-15(2)29-14-23-26-20(29)18-10-7-11-19(24-18)25-21(30)17-13-28(27-22(17)31-3)12-16-8-5-4-6-9-16/h4-11,13-15H,12H2,1-3H3,(H,24,25,30). The summed E-state index contributed by atoms with van der Waals surface area (Å²) in [7, 11) is 1.49. The largest absolute Gasteiger partial charge is 0.479 e. The lowest BCUT2D eigenvalue weighted by atomic mass is 10.2. The van der Waals surface area contributed by atoms with Gasteiger partial charge in [-0.25, -0.2) is 4.98 Å². The number of methoxy groups -OCH3 is 1. The molecule has 4 rings (SSSR count). The smallest absolute Gasteiger partial charge is 0.263 e. The van der Waals surface area contributed by atoms with Gasteiger partial charge < -0.3 is 14.6 Å². The highest BCUT2D eigenvalue weighted by Gasteiger charge is 2.19. The fourth-order valence-electron chi connectivity index (χ4n) is 3.18. The average molecular weight is 417 g/mol. The van der Waals surface area contributed by atoms with E-state index in [2.05, 4.69) is 25.6 Å². The highest BCUT2D eigenvalue weighted by Crippen LogP contribution is 2.21. The van der Waals surface area contributed by atoms with Crippen molar-refractivity contribution in [1.29, 1.82) is 0 Å². The number of anilines is 1. The summed E-state index contributed by atoms with van der Waals surface area (Å²) in [4.78, 5) is 17.4. The second-order valence-corrected chi connectivity index (χ2v) is 7.25. The topological polar surface area (TPSA) is 99.8 Å². The Morgan fingerprint density at radius 3 is 2.68 bits per heavy atom. The minimum Gasteiger partial charge on any atom is -0.479 e. The molecule has 3 aromatic heterocycles. The molecular formula is C22H23N7O2. The van der Waals surface area contributed by atoms with Crippen LogP contribution in [0.15, 0.2) is 61.1 Å². The van der Waals surface area contributed by atoms with Crippen molar-refractivity contribution in [2.24, 2.45) is 0 Å². The summed E-state index contributed by atoms with van der Waals surface area (Å²) in [5, 5.41) is 15.3. The van der Waals surface area contributed by atoms with Gasteiger partial charge in [-0.2, -0.15) is 0 Å². The summed E-state index contributed by atoms with van der Waals surface area (Å²) in [6.07, 6.45) is 3.33. The van der Waals surface area contributed by atoms with Crippen LogP contribution in [0.25, 0.3) is 11.5 Å². The summed E-state index contributed by atoms with van der Waals surface area (Å²) in [6.45, 7) is 4.61. The number of carbonyl (C=O) groups is 1. The molecular weight excluding hydrogens is 394 g/mol. The zero-order chi connectivity index (χ0) is 21.8. The van der Waals surface area contributed by atoms with E-state index in [1.807, 2.05) is 60.9 Å². The molecule has 0 atom stereocenters. The first-order chi connectivity index (χ1) is 15.0. The zero-order valence-corrected chi connectivity index (χ0v) is 17.6. The third kappa shape index (κ3) is 4.45. The van der Waals surface area contributed by atoms with Crippen LogP contribution < -0.4 is 10.1 Å². The molecule has 9 heteroatoms. The lowest BCUT2D eigenvalue weighted by molar-refractivity contribution is 0.102. The van der Waals surface area contributed by atoms with Crippen molar-refractivity contribution >= 4 is 11.7 Å². The predicted octanol–water partition coefficient (Wildman–Crippen LogP) is 3.43. The van der Waals surface area contributed by atoms with Crippen molar-refractivity contribution in [3.8, 4) is 17.4 Å². The molecule has 0 fully saturated rings. The van der Waals surface area contributed by atoms with E-state index >= 15 is 0 Å². The second kappa shape index (κ2) is 8.78. The molecule has 0 saturated carbocycles. The van der Waals surface area contributed by atoms with Crippen LogP contribution in [0.1, 0.15) is 35.8 Å². The van der Waals surface area contributed by atoms with Gasteiger partial charge in [-0.15, -0.1) is 15.3 Å². The fourth-order valence-corrected chi connectivity index (χ4v) is 3.18. The van der Waals surface area contributed by atoms with Crippen LogP contribution in [0.5, 0.6) is 5.88 Å². The third-order valence-corrected chi connectivity index (χ3v) is 4.70. The number of amides is 1. The molecule has 0 radical (unpaired) electrons. The highest BCUT2D eigenvalue weighted by atomic mass is 16.5. The lowest BCUT2D eigenvalue weighted by Gasteiger charge is -2.10. The van der Waals surface area contributed by atoms with Crippen molar-refractivity contribution in [3.05, 3.63) is 72.2 Å². The first-order valence-electron chi connectivity index (χ1n) is 9.89. The molecule has 0 spiro atoms. The minimum atomic E-state index is -0.355. The number of hydrogen-bond acceptors (Lipinski definition) is 6. The predicted molar refractivity (Wildman–Crippen MR) is 116 cm³/mol. The van der Waals surface area contributed by atoms with Gasteiger partial charge >= 0.3 is 0 Å². The molecule has 1 amide bonds. The minimum absolute atomic E-state index is 0.185. The van der Waals surface area contributed by atoms with E-state index in [9.17, 15) is 4.79 Å². The number of ether oxygens (including phenoxy) is 1. The molecule has 158 valence electrons. The molecule has 3 heterocycles. The number of aromatic nitrogens is 6. The van der Waals surface area contributed by atoms with Gasteiger partial charge in [-0.05, 0) is 31.5 Å². The van der Waals surface area contributed by atoms with E-state index in [4.69, 9.17) is 4.74 Å². The third-order valence-electron chi connectivity index (χ3n) is 4.70. The molecule has 0 unspecified atom stereocenters. The summed E-state index contributed by atoms with van der Waals surface area (Å²) in [5.41, 5.74) is 2.02. The number of carbonyl (C=O) groups excluding carboxylic acids is 1. The van der Waals surface area contributed by atoms with Crippen LogP contribution >= 0.6 is 0 Å². The van der Waals surface area contributed by atoms with Crippen LogP contribution in [0.3, 0.4) is 0 Å². The fraction of sp³-hybridized carbons (Fsp3) is 0.227. The maximum atomic E-state index is 12.9. The Morgan fingerprint density at radius 2 is 1.94 bits per heavy atom. The van der Waals surface area contributed by atoms with E-state index in [1.54, 1.807) is 23.3 Å². The lowest BCUT2D eigenvalue weighted by Crippen LogP contribution is -2.14. The summed E-state index contributed by atoms with van der Waals surface area (Å²) < 4.78 is 8.91. The van der Waals surface area contributed by atoms with Gasteiger partial charge in [0.15, 0.2) is 5.82 Å². The summed E-state index contributed by atoms with van der Waals surface area (Å²) in [6, 6.07) is 15.4. The van der Waals surface area contributed by atoms with Gasteiger partial charge in [0.1, 0.15) is 23.4 Å². The average Bonchev–Trinajstić information content (AvgIpc) is 3.42. The number of pyridine rings is 1. The molecule has 0 bridgehead atoms. The molecule has 0 aliphatic carbocycles. The summed E-state index contributed by atoms with van der Waals surface area (Å²) in [5.74, 6) is 0.938. The quantitative estimate of drug-likeness (QED) is 0.495. The number of nitrogens with one attached hydrogen (secondary N) is 1. The Bertz CT molecular complexity index is 1180.